The van der Waals surface area contributed by atoms with Gasteiger partial charge >= 0.3 is 0 Å². The summed E-state index contributed by atoms with van der Waals surface area (Å²) in [5.74, 6) is 1.37. The predicted octanol–water partition coefficient (Wildman–Crippen LogP) is 2.57. The molecule has 0 radical (unpaired) electrons. The van der Waals surface area contributed by atoms with E-state index >= 15 is 0 Å². The van der Waals surface area contributed by atoms with Crippen molar-refractivity contribution in [1.29, 1.82) is 0 Å². The summed E-state index contributed by atoms with van der Waals surface area (Å²) in [7, 11) is 0. The lowest BCUT2D eigenvalue weighted by atomic mass is 9.49. The first-order valence-corrected chi connectivity index (χ1v) is 4.93. The van der Waals surface area contributed by atoms with Gasteiger partial charge in [0.1, 0.15) is 5.78 Å². The van der Waals surface area contributed by atoms with E-state index in [2.05, 4.69) is 26.0 Å². The topological polar surface area (TPSA) is 17.1 Å². The van der Waals surface area contributed by atoms with Crippen molar-refractivity contribution < 1.29 is 4.79 Å². The van der Waals surface area contributed by atoms with Crippen LogP contribution in [0.25, 0.3) is 0 Å². The van der Waals surface area contributed by atoms with E-state index in [0.717, 1.165) is 19.3 Å². The van der Waals surface area contributed by atoms with E-state index in [1.54, 1.807) is 0 Å². The van der Waals surface area contributed by atoms with Gasteiger partial charge in [-0.2, -0.15) is 0 Å². The Balaban J connectivity index is 2.30. The maximum absolute atomic E-state index is 11.7. The molecular formula is C11H16O. The summed E-state index contributed by atoms with van der Waals surface area (Å²) in [5.41, 5.74) is 0.0637. The maximum Gasteiger partial charge on any atom is 0.143 e. The summed E-state index contributed by atoms with van der Waals surface area (Å²) in [6.45, 7) is 4.21. The molecule has 0 amide bonds. The molecule has 0 bridgehead atoms. The van der Waals surface area contributed by atoms with Crippen LogP contribution >= 0.6 is 0 Å². The molecule has 0 spiro atoms. The van der Waals surface area contributed by atoms with Gasteiger partial charge in [0.2, 0.25) is 0 Å². The Kier molecular flexibility index (Phi) is 1.64. The Morgan fingerprint density at radius 2 is 2.42 bits per heavy atom. The Labute approximate surface area is 73.8 Å². The molecule has 0 N–H and O–H groups in total. The average Bonchev–Trinajstić information content (AvgIpc) is 2.15. The van der Waals surface area contributed by atoms with Gasteiger partial charge < -0.3 is 0 Å². The van der Waals surface area contributed by atoms with Crippen molar-refractivity contribution in [3.63, 3.8) is 0 Å². The molecule has 2 aliphatic carbocycles. The second-order valence-corrected chi connectivity index (χ2v) is 4.16. The zero-order valence-corrected chi connectivity index (χ0v) is 7.84. The SMILES string of the molecule is CCC12CCC=CC1C(C)C2=O. The minimum Gasteiger partial charge on any atom is -0.299 e. The van der Waals surface area contributed by atoms with Gasteiger partial charge in [0.05, 0.1) is 0 Å². The van der Waals surface area contributed by atoms with Gasteiger partial charge in [0, 0.05) is 11.3 Å². The van der Waals surface area contributed by atoms with Crippen molar-refractivity contribution in [3.05, 3.63) is 12.2 Å². The lowest BCUT2D eigenvalue weighted by Crippen LogP contribution is -2.56. The summed E-state index contributed by atoms with van der Waals surface area (Å²) < 4.78 is 0. The summed E-state index contributed by atoms with van der Waals surface area (Å²) in [4.78, 5) is 11.7. The van der Waals surface area contributed by atoms with Crippen molar-refractivity contribution in [2.75, 3.05) is 0 Å². The fraction of sp³-hybridized carbons (Fsp3) is 0.727. The fourth-order valence-corrected chi connectivity index (χ4v) is 2.97. The Morgan fingerprint density at radius 1 is 1.67 bits per heavy atom. The van der Waals surface area contributed by atoms with Crippen molar-refractivity contribution in [3.8, 4) is 0 Å². The minimum absolute atomic E-state index is 0.0637. The van der Waals surface area contributed by atoms with Gasteiger partial charge in [-0.05, 0) is 25.2 Å². The molecular weight excluding hydrogens is 148 g/mol. The van der Waals surface area contributed by atoms with E-state index in [1.807, 2.05) is 0 Å². The lowest BCUT2D eigenvalue weighted by molar-refractivity contribution is -0.154. The molecule has 3 atom stereocenters. The van der Waals surface area contributed by atoms with Crippen LogP contribution in [-0.2, 0) is 4.79 Å². The molecule has 2 aliphatic rings. The molecule has 1 nitrogen and oxygen atoms in total. The molecule has 0 aromatic carbocycles. The number of ketones is 1. The summed E-state index contributed by atoms with van der Waals surface area (Å²) >= 11 is 0. The lowest BCUT2D eigenvalue weighted by Gasteiger charge is -2.53. The second-order valence-electron chi connectivity index (χ2n) is 4.16. The molecule has 3 unspecified atom stereocenters. The first-order chi connectivity index (χ1) is 5.72. The third kappa shape index (κ3) is 0.720. The highest BCUT2D eigenvalue weighted by Crippen LogP contribution is 2.55. The number of Topliss-reactive ketones (excluding diaryl/α,β-unsaturated/α-hetero) is 1. The van der Waals surface area contributed by atoms with E-state index in [-0.39, 0.29) is 5.41 Å². The molecule has 0 aromatic rings. The molecule has 0 heterocycles. The van der Waals surface area contributed by atoms with E-state index in [9.17, 15) is 4.79 Å². The van der Waals surface area contributed by atoms with Crippen LogP contribution in [0.3, 0.4) is 0 Å². The summed E-state index contributed by atoms with van der Waals surface area (Å²) in [5, 5.41) is 0. The molecule has 0 aromatic heterocycles. The third-order valence-electron chi connectivity index (χ3n) is 3.81. The summed E-state index contributed by atoms with van der Waals surface area (Å²) in [6.07, 6.45) is 7.72. The average molecular weight is 164 g/mol. The highest BCUT2D eigenvalue weighted by Gasteiger charge is 2.57. The second kappa shape index (κ2) is 2.45. The van der Waals surface area contributed by atoms with E-state index in [1.165, 1.54) is 0 Å². The number of carbonyl (C=O) groups is 1. The van der Waals surface area contributed by atoms with Crippen molar-refractivity contribution in [1.82, 2.24) is 0 Å². The molecule has 1 fully saturated rings. The van der Waals surface area contributed by atoms with Crippen LogP contribution in [0.4, 0.5) is 0 Å². The van der Waals surface area contributed by atoms with Crippen LogP contribution in [0.2, 0.25) is 0 Å². The maximum atomic E-state index is 11.7. The molecule has 0 aliphatic heterocycles. The van der Waals surface area contributed by atoms with Crippen LogP contribution in [0.5, 0.6) is 0 Å². The number of hydrogen-bond acceptors (Lipinski definition) is 1. The molecule has 0 saturated heterocycles. The fourth-order valence-electron chi connectivity index (χ4n) is 2.97. The normalized spacial score (nSPS) is 45.3. The highest BCUT2D eigenvalue weighted by atomic mass is 16.1. The number of fused-ring (bicyclic) bond motifs is 1. The smallest absolute Gasteiger partial charge is 0.143 e. The first-order valence-electron chi connectivity index (χ1n) is 4.93. The predicted molar refractivity (Wildman–Crippen MR) is 48.8 cm³/mol. The van der Waals surface area contributed by atoms with Crippen LogP contribution in [-0.4, -0.2) is 5.78 Å². The molecule has 12 heavy (non-hydrogen) atoms. The van der Waals surface area contributed by atoms with E-state index in [4.69, 9.17) is 0 Å². The van der Waals surface area contributed by atoms with Crippen LogP contribution in [0.15, 0.2) is 12.2 Å². The number of hydrogen-bond donors (Lipinski definition) is 0. The van der Waals surface area contributed by atoms with Crippen molar-refractivity contribution in [2.45, 2.75) is 33.1 Å². The van der Waals surface area contributed by atoms with Gasteiger partial charge in [-0.3, -0.25) is 4.79 Å². The van der Waals surface area contributed by atoms with Gasteiger partial charge in [-0.1, -0.05) is 26.0 Å². The van der Waals surface area contributed by atoms with Gasteiger partial charge in [-0.25, -0.2) is 0 Å². The summed E-state index contributed by atoms with van der Waals surface area (Å²) in [6, 6.07) is 0. The first kappa shape index (κ1) is 8.03. The Bertz CT molecular complexity index is 241. The zero-order valence-electron chi connectivity index (χ0n) is 7.84. The monoisotopic (exact) mass is 164 g/mol. The van der Waals surface area contributed by atoms with Crippen LogP contribution in [0, 0.1) is 17.3 Å². The van der Waals surface area contributed by atoms with Crippen molar-refractivity contribution in [2.24, 2.45) is 17.3 Å². The molecule has 66 valence electrons. The number of allylic oxidation sites excluding steroid dienone is 2. The quantitative estimate of drug-likeness (QED) is 0.544. The Hall–Kier alpha value is -0.590. The van der Waals surface area contributed by atoms with E-state index in [0.29, 0.717) is 17.6 Å². The minimum atomic E-state index is 0.0637. The van der Waals surface area contributed by atoms with E-state index < -0.39 is 0 Å². The largest absolute Gasteiger partial charge is 0.299 e. The van der Waals surface area contributed by atoms with Gasteiger partial charge in [0.25, 0.3) is 0 Å². The molecule has 2 rings (SSSR count). The van der Waals surface area contributed by atoms with Crippen LogP contribution < -0.4 is 0 Å². The van der Waals surface area contributed by atoms with Crippen molar-refractivity contribution >= 4 is 5.78 Å². The number of rotatable bonds is 1. The van der Waals surface area contributed by atoms with Gasteiger partial charge in [-0.15, -0.1) is 0 Å². The molecule has 1 saturated carbocycles. The Morgan fingerprint density at radius 3 is 3.00 bits per heavy atom. The van der Waals surface area contributed by atoms with Crippen LogP contribution in [0.1, 0.15) is 33.1 Å². The third-order valence-corrected chi connectivity index (χ3v) is 3.81. The molecule has 1 heteroatoms. The standard InChI is InChI=1S/C11H16O/c1-3-11-7-5-4-6-9(11)8(2)10(11)12/h4,6,8-9H,3,5,7H2,1-2H3. The highest BCUT2D eigenvalue weighted by molar-refractivity contribution is 5.94. The number of carbonyl (C=O) groups excluding carboxylic acids is 1. The van der Waals surface area contributed by atoms with Gasteiger partial charge in [0.15, 0.2) is 0 Å². The zero-order chi connectivity index (χ0) is 8.77.